The summed E-state index contributed by atoms with van der Waals surface area (Å²) in [6.07, 6.45) is 1.36. The molecule has 1 unspecified atom stereocenters. The SMILES string of the molecule is CC1(c2cccc(O)c2)CCc2nc(Cl)ccc2C1=O. The van der Waals surface area contributed by atoms with Crippen LogP contribution in [-0.2, 0) is 11.8 Å². The molecular weight excluding hydrogens is 274 g/mol. The lowest BCUT2D eigenvalue weighted by atomic mass is 9.69. The van der Waals surface area contributed by atoms with E-state index in [9.17, 15) is 9.90 Å². The van der Waals surface area contributed by atoms with Gasteiger partial charge in [0.05, 0.1) is 11.1 Å². The van der Waals surface area contributed by atoms with Gasteiger partial charge in [-0.1, -0.05) is 23.7 Å². The average molecular weight is 288 g/mol. The van der Waals surface area contributed by atoms with Crippen LogP contribution in [0.2, 0.25) is 5.15 Å². The number of fused-ring (bicyclic) bond motifs is 1. The summed E-state index contributed by atoms with van der Waals surface area (Å²) in [7, 11) is 0. The maximum absolute atomic E-state index is 12.8. The van der Waals surface area contributed by atoms with Crippen molar-refractivity contribution in [2.75, 3.05) is 0 Å². The van der Waals surface area contributed by atoms with E-state index in [-0.39, 0.29) is 11.5 Å². The Morgan fingerprint density at radius 2 is 2.10 bits per heavy atom. The number of phenolic OH excluding ortho intramolecular Hbond substituents is 1. The highest BCUT2D eigenvalue weighted by molar-refractivity contribution is 6.29. The standard InChI is InChI=1S/C16H14ClNO2/c1-16(10-3-2-4-11(19)9-10)8-7-13-12(15(16)20)5-6-14(17)18-13/h2-6,9,19H,7-8H2,1H3. The quantitative estimate of drug-likeness (QED) is 0.816. The van der Waals surface area contributed by atoms with Crippen molar-refractivity contribution in [3.63, 3.8) is 0 Å². The lowest BCUT2D eigenvalue weighted by Gasteiger charge is -2.33. The highest BCUT2D eigenvalue weighted by atomic mass is 35.5. The number of nitrogens with zero attached hydrogens (tertiary/aromatic N) is 1. The van der Waals surface area contributed by atoms with E-state index in [0.717, 1.165) is 11.3 Å². The summed E-state index contributed by atoms with van der Waals surface area (Å²) >= 11 is 5.88. The van der Waals surface area contributed by atoms with Crippen LogP contribution in [0.15, 0.2) is 36.4 Å². The largest absolute Gasteiger partial charge is 0.508 e. The Bertz CT molecular complexity index is 699. The molecule has 1 N–H and O–H groups in total. The van der Waals surface area contributed by atoms with Gasteiger partial charge in [-0.25, -0.2) is 4.98 Å². The van der Waals surface area contributed by atoms with Gasteiger partial charge in [0.1, 0.15) is 10.9 Å². The molecule has 1 aromatic carbocycles. The van der Waals surface area contributed by atoms with Crippen molar-refractivity contribution in [2.24, 2.45) is 0 Å². The molecule has 1 heterocycles. The lowest BCUT2D eigenvalue weighted by molar-refractivity contribution is 0.0874. The fraction of sp³-hybridized carbons (Fsp3) is 0.250. The summed E-state index contributed by atoms with van der Waals surface area (Å²) in [4.78, 5) is 17.0. The second kappa shape index (κ2) is 4.60. The van der Waals surface area contributed by atoms with Crippen molar-refractivity contribution in [1.82, 2.24) is 4.98 Å². The number of carbonyl (C=O) groups excluding carboxylic acids is 1. The number of rotatable bonds is 1. The van der Waals surface area contributed by atoms with E-state index in [2.05, 4.69) is 4.98 Å². The molecule has 0 aliphatic heterocycles. The summed E-state index contributed by atoms with van der Waals surface area (Å²) in [5, 5.41) is 10.0. The first-order valence-corrected chi connectivity index (χ1v) is 6.88. The van der Waals surface area contributed by atoms with Crippen molar-refractivity contribution in [3.8, 4) is 5.75 Å². The molecule has 0 fully saturated rings. The zero-order valence-corrected chi connectivity index (χ0v) is 11.8. The molecule has 4 heteroatoms. The van der Waals surface area contributed by atoms with E-state index < -0.39 is 5.41 Å². The second-order valence-electron chi connectivity index (χ2n) is 5.34. The molecule has 3 rings (SSSR count). The number of hydrogen-bond donors (Lipinski definition) is 1. The predicted octanol–water partition coefficient (Wildman–Crippen LogP) is 3.53. The van der Waals surface area contributed by atoms with Crippen LogP contribution < -0.4 is 0 Å². The van der Waals surface area contributed by atoms with Gasteiger partial charge in [-0.15, -0.1) is 0 Å². The molecule has 0 saturated heterocycles. The zero-order valence-electron chi connectivity index (χ0n) is 11.1. The van der Waals surface area contributed by atoms with Crippen LogP contribution in [0.4, 0.5) is 0 Å². The molecular formula is C16H14ClNO2. The van der Waals surface area contributed by atoms with E-state index in [1.165, 1.54) is 0 Å². The second-order valence-corrected chi connectivity index (χ2v) is 5.73. The fourth-order valence-corrected chi connectivity index (χ4v) is 2.94. The summed E-state index contributed by atoms with van der Waals surface area (Å²) < 4.78 is 0. The van der Waals surface area contributed by atoms with Crippen molar-refractivity contribution in [1.29, 1.82) is 0 Å². The van der Waals surface area contributed by atoms with Crippen molar-refractivity contribution < 1.29 is 9.90 Å². The normalized spacial score (nSPS) is 21.6. The van der Waals surface area contributed by atoms with Gasteiger partial charge in [0.15, 0.2) is 5.78 Å². The molecule has 0 radical (unpaired) electrons. The van der Waals surface area contributed by atoms with Gasteiger partial charge in [0, 0.05) is 5.56 Å². The third kappa shape index (κ3) is 1.98. The molecule has 3 nitrogen and oxygen atoms in total. The Morgan fingerprint density at radius 1 is 1.30 bits per heavy atom. The number of aryl methyl sites for hydroxylation is 1. The minimum absolute atomic E-state index is 0.0357. The number of aromatic nitrogens is 1. The van der Waals surface area contributed by atoms with Crippen LogP contribution in [-0.4, -0.2) is 15.9 Å². The van der Waals surface area contributed by atoms with E-state index in [0.29, 0.717) is 23.6 Å². The molecule has 0 amide bonds. The Kier molecular flexibility index (Phi) is 3.02. The van der Waals surface area contributed by atoms with Crippen LogP contribution >= 0.6 is 11.6 Å². The third-order valence-electron chi connectivity index (χ3n) is 4.03. The highest BCUT2D eigenvalue weighted by Gasteiger charge is 2.40. The minimum Gasteiger partial charge on any atom is -0.508 e. The average Bonchev–Trinajstić information content (AvgIpc) is 2.43. The van der Waals surface area contributed by atoms with E-state index in [1.54, 1.807) is 30.3 Å². The van der Waals surface area contributed by atoms with Crippen LogP contribution in [0.3, 0.4) is 0 Å². The molecule has 0 bridgehead atoms. The van der Waals surface area contributed by atoms with Gasteiger partial charge < -0.3 is 5.11 Å². The summed E-state index contributed by atoms with van der Waals surface area (Å²) in [6, 6.07) is 10.3. The van der Waals surface area contributed by atoms with Gasteiger partial charge in [-0.2, -0.15) is 0 Å². The molecule has 1 aliphatic carbocycles. The first kappa shape index (κ1) is 13.1. The Morgan fingerprint density at radius 3 is 2.85 bits per heavy atom. The number of Topliss-reactive ketones (excluding diaryl/α,β-unsaturated/α-hetero) is 1. The van der Waals surface area contributed by atoms with Crippen molar-refractivity contribution >= 4 is 17.4 Å². The van der Waals surface area contributed by atoms with E-state index in [4.69, 9.17) is 11.6 Å². The van der Waals surface area contributed by atoms with Crippen LogP contribution in [0.5, 0.6) is 5.75 Å². The number of halogens is 1. The topological polar surface area (TPSA) is 50.2 Å². The minimum atomic E-state index is -0.624. The van der Waals surface area contributed by atoms with E-state index in [1.807, 2.05) is 13.0 Å². The molecule has 102 valence electrons. The number of pyridine rings is 1. The predicted molar refractivity (Wildman–Crippen MR) is 77.4 cm³/mol. The maximum Gasteiger partial charge on any atom is 0.174 e. The van der Waals surface area contributed by atoms with Crippen molar-refractivity contribution in [3.05, 3.63) is 58.4 Å². The smallest absolute Gasteiger partial charge is 0.174 e. The van der Waals surface area contributed by atoms with Gasteiger partial charge in [0.2, 0.25) is 0 Å². The maximum atomic E-state index is 12.8. The Hall–Kier alpha value is -1.87. The fourth-order valence-electron chi connectivity index (χ4n) is 2.78. The summed E-state index contributed by atoms with van der Waals surface area (Å²) in [5.41, 5.74) is 1.61. The number of phenols is 1. The number of ketones is 1. The van der Waals surface area contributed by atoms with Gasteiger partial charge in [-0.3, -0.25) is 4.79 Å². The molecule has 0 saturated carbocycles. The molecule has 20 heavy (non-hydrogen) atoms. The molecule has 1 atom stereocenters. The number of hydrogen-bond acceptors (Lipinski definition) is 3. The molecule has 0 spiro atoms. The Balaban J connectivity index is 2.09. The van der Waals surface area contributed by atoms with Crippen molar-refractivity contribution in [2.45, 2.75) is 25.2 Å². The summed E-state index contributed by atoms with van der Waals surface area (Å²) in [6.45, 7) is 1.92. The van der Waals surface area contributed by atoms with Gasteiger partial charge in [-0.05, 0) is 49.6 Å². The number of benzene rings is 1. The molecule has 1 aliphatic rings. The van der Waals surface area contributed by atoms with Gasteiger partial charge >= 0.3 is 0 Å². The first-order chi connectivity index (χ1) is 9.50. The monoisotopic (exact) mass is 287 g/mol. The lowest BCUT2D eigenvalue weighted by Crippen LogP contribution is -2.37. The third-order valence-corrected chi connectivity index (χ3v) is 4.24. The molecule has 1 aromatic heterocycles. The van der Waals surface area contributed by atoms with Crippen LogP contribution in [0, 0.1) is 0 Å². The van der Waals surface area contributed by atoms with Crippen LogP contribution in [0.25, 0.3) is 0 Å². The number of aromatic hydroxyl groups is 1. The number of carbonyl (C=O) groups is 1. The van der Waals surface area contributed by atoms with Crippen LogP contribution in [0.1, 0.15) is 35.0 Å². The van der Waals surface area contributed by atoms with Gasteiger partial charge in [0.25, 0.3) is 0 Å². The Labute approximate surface area is 122 Å². The first-order valence-electron chi connectivity index (χ1n) is 6.50. The summed E-state index contributed by atoms with van der Waals surface area (Å²) in [5.74, 6) is 0.213. The molecule has 2 aromatic rings. The zero-order chi connectivity index (χ0) is 14.3. The van der Waals surface area contributed by atoms with E-state index >= 15 is 0 Å². The highest BCUT2D eigenvalue weighted by Crippen LogP contribution is 2.38.